The van der Waals surface area contributed by atoms with Gasteiger partial charge in [-0.3, -0.25) is 14.2 Å². The summed E-state index contributed by atoms with van der Waals surface area (Å²) in [5, 5.41) is 0.533. The first kappa shape index (κ1) is 18.1. The molecule has 0 saturated carbocycles. The minimum Gasteiger partial charge on any atom is -0.494 e. The molecule has 0 spiro atoms. The van der Waals surface area contributed by atoms with Crippen LogP contribution in [-0.4, -0.2) is 29.2 Å². The molecule has 6 nitrogen and oxygen atoms in total. The summed E-state index contributed by atoms with van der Waals surface area (Å²) in [6.45, 7) is 6.07. The first-order chi connectivity index (χ1) is 12.5. The van der Waals surface area contributed by atoms with Crippen LogP contribution in [0.3, 0.4) is 0 Å². The van der Waals surface area contributed by atoms with Gasteiger partial charge in [0.2, 0.25) is 0 Å². The highest BCUT2D eigenvalue weighted by atomic mass is 32.1. The second kappa shape index (κ2) is 7.29. The number of carbonyl (C=O) groups is 1. The topological polar surface area (TPSA) is 70.4 Å². The van der Waals surface area contributed by atoms with Gasteiger partial charge in [-0.1, -0.05) is 12.1 Å². The van der Waals surface area contributed by atoms with Gasteiger partial charge in [-0.15, -0.1) is 11.3 Å². The average Bonchev–Trinajstić information content (AvgIpc) is 2.95. The molecule has 2 aromatic heterocycles. The lowest BCUT2D eigenvalue weighted by atomic mass is 10.0. The molecule has 0 aliphatic rings. The molecule has 0 bridgehead atoms. The molecular formula is C19H20N2O4S. The molecule has 136 valence electrons. The van der Waals surface area contributed by atoms with E-state index in [1.54, 1.807) is 6.92 Å². The smallest absolute Gasteiger partial charge is 0.325 e. The third kappa shape index (κ3) is 3.22. The van der Waals surface area contributed by atoms with Crippen molar-refractivity contribution in [1.29, 1.82) is 0 Å². The first-order valence-corrected chi connectivity index (χ1v) is 9.08. The molecule has 0 unspecified atom stereocenters. The van der Waals surface area contributed by atoms with Crippen molar-refractivity contribution >= 4 is 27.5 Å². The highest BCUT2D eigenvalue weighted by molar-refractivity contribution is 7.19. The zero-order chi connectivity index (χ0) is 18.8. The van der Waals surface area contributed by atoms with Crippen molar-refractivity contribution in [3.8, 4) is 16.9 Å². The lowest BCUT2D eigenvalue weighted by Gasteiger charge is -2.09. The SMILES string of the molecule is CCOc1ccc(-c2c(C)sc3nc(C)n(CC(=O)OC)c(=O)c23)cc1. The van der Waals surface area contributed by atoms with Gasteiger partial charge in [-0.05, 0) is 38.5 Å². The van der Waals surface area contributed by atoms with Crippen LogP contribution in [0.1, 0.15) is 17.6 Å². The summed E-state index contributed by atoms with van der Waals surface area (Å²) >= 11 is 1.48. The van der Waals surface area contributed by atoms with Gasteiger partial charge in [0.15, 0.2) is 0 Å². The van der Waals surface area contributed by atoms with Crippen molar-refractivity contribution in [3.05, 3.63) is 45.3 Å². The van der Waals surface area contributed by atoms with Gasteiger partial charge in [-0.2, -0.15) is 0 Å². The maximum absolute atomic E-state index is 13.1. The van der Waals surface area contributed by atoms with Crippen molar-refractivity contribution in [2.45, 2.75) is 27.3 Å². The van der Waals surface area contributed by atoms with Crippen LogP contribution < -0.4 is 10.3 Å². The van der Waals surface area contributed by atoms with E-state index < -0.39 is 5.97 Å². The van der Waals surface area contributed by atoms with Crippen molar-refractivity contribution in [2.75, 3.05) is 13.7 Å². The van der Waals surface area contributed by atoms with E-state index in [1.807, 2.05) is 38.1 Å². The Hall–Kier alpha value is -2.67. The predicted molar refractivity (Wildman–Crippen MR) is 102 cm³/mol. The molecule has 0 N–H and O–H groups in total. The van der Waals surface area contributed by atoms with E-state index in [-0.39, 0.29) is 12.1 Å². The van der Waals surface area contributed by atoms with Crippen LogP contribution in [0.5, 0.6) is 5.75 Å². The molecule has 0 amide bonds. The summed E-state index contributed by atoms with van der Waals surface area (Å²) in [4.78, 5) is 30.9. The molecule has 3 rings (SSSR count). The molecule has 1 aromatic carbocycles. The highest BCUT2D eigenvalue weighted by Gasteiger charge is 2.19. The molecule has 0 fully saturated rings. The van der Waals surface area contributed by atoms with E-state index in [4.69, 9.17) is 9.47 Å². The third-order valence-corrected chi connectivity index (χ3v) is 5.15. The van der Waals surface area contributed by atoms with Gasteiger partial charge in [0, 0.05) is 10.4 Å². The number of carbonyl (C=O) groups excluding carboxylic acids is 1. The molecular weight excluding hydrogens is 352 g/mol. The number of ether oxygens (including phenoxy) is 2. The fourth-order valence-corrected chi connectivity index (χ4v) is 3.99. The number of aryl methyl sites for hydroxylation is 2. The van der Waals surface area contributed by atoms with Crippen molar-refractivity contribution in [3.63, 3.8) is 0 Å². The summed E-state index contributed by atoms with van der Waals surface area (Å²) in [6.07, 6.45) is 0. The van der Waals surface area contributed by atoms with E-state index in [0.29, 0.717) is 22.6 Å². The second-order valence-corrected chi connectivity index (χ2v) is 7.00. The lowest BCUT2D eigenvalue weighted by molar-refractivity contribution is -0.141. The Bertz CT molecular complexity index is 1020. The van der Waals surface area contributed by atoms with Gasteiger partial charge in [-0.25, -0.2) is 4.98 Å². The summed E-state index contributed by atoms with van der Waals surface area (Å²) in [5.41, 5.74) is 1.54. The Morgan fingerprint density at radius 3 is 2.54 bits per heavy atom. The number of esters is 1. The van der Waals surface area contributed by atoms with Crippen LogP contribution in [-0.2, 0) is 16.1 Å². The number of rotatable bonds is 5. The van der Waals surface area contributed by atoms with Crippen LogP contribution in [0.25, 0.3) is 21.3 Å². The summed E-state index contributed by atoms with van der Waals surface area (Å²) < 4.78 is 11.5. The Labute approximate surface area is 155 Å². The number of fused-ring (bicyclic) bond motifs is 1. The number of nitrogens with zero attached hydrogens (tertiary/aromatic N) is 2. The molecule has 0 aliphatic heterocycles. The minimum atomic E-state index is -0.481. The van der Waals surface area contributed by atoms with E-state index >= 15 is 0 Å². The zero-order valence-electron chi connectivity index (χ0n) is 15.2. The molecule has 26 heavy (non-hydrogen) atoms. The van der Waals surface area contributed by atoms with Crippen molar-refractivity contribution in [2.24, 2.45) is 0 Å². The molecule has 7 heteroatoms. The summed E-state index contributed by atoms with van der Waals surface area (Å²) in [7, 11) is 1.30. The van der Waals surface area contributed by atoms with E-state index in [1.165, 1.54) is 23.0 Å². The predicted octanol–water partition coefficient (Wildman–Crippen LogP) is 3.31. The van der Waals surface area contributed by atoms with E-state index in [2.05, 4.69) is 4.98 Å². The molecule has 0 radical (unpaired) electrons. The Balaban J connectivity index is 2.19. The monoisotopic (exact) mass is 372 g/mol. The van der Waals surface area contributed by atoms with Gasteiger partial charge >= 0.3 is 5.97 Å². The van der Waals surface area contributed by atoms with Gasteiger partial charge in [0.25, 0.3) is 5.56 Å². The van der Waals surface area contributed by atoms with Crippen LogP contribution in [0, 0.1) is 13.8 Å². The molecule has 2 heterocycles. The molecule has 3 aromatic rings. The number of benzene rings is 1. The number of aromatic nitrogens is 2. The number of hydrogen-bond acceptors (Lipinski definition) is 6. The standard InChI is InChI=1S/C19H20N2O4S/c1-5-25-14-8-6-13(7-9-14)16-11(2)26-18-17(16)19(23)21(12(3)20-18)10-15(22)24-4/h6-9H,5,10H2,1-4H3. The van der Waals surface area contributed by atoms with Crippen molar-refractivity contribution < 1.29 is 14.3 Å². The minimum absolute atomic E-state index is 0.151. The summed E-state index contributed by atoms with van der Waals surface area (Å²) in [5.74, 6) is 0.795. The van der Waals surface area contributed by atoms with Gasteiger partial charge < -0.3 is 9.47 Å². The third-order valence-electron chi connectivity index (χ3n) is 4.15. The van der Waals surface area contributed by atoms with Crippen molar-refractivity contribution in [1.82, 2.24) is 9.55 Å². The Morgan fingerprint density at radius 2 is 1.92 bits per heavy atom. The highest BCUT2D eigenvalue weighted by Crippen LogP contribution is 2.36. The van der Waals surface area contributed by atoms with Crippen LogP contribution in [0.4, 0.5) is 0 Å². The number of thiophene rings is 1. The molecule has 0 saturated heterocycles. The normalized spacial score (nSPS) is 10.9. The fourth-order valence-electron chi connectivity index (χ4n) is 2.91. The number of hydrogen-bond donors (Lipinski definition) is 0. The quantitative estimate of drug-likeness (QED) is 0.643. The van der Waals surface area contributed by atoms with Gasteiger partial charge in [0.1, 0.15) is 22.9 Å². The molecule has 0 aliphatic carbocycles. The van der Waals surface area contributed by atoms with E-state index in [0.717, 1.165) is 21.8 Å². The lowest BCUT2D eigenvalue weighted by Crippen LogP contribution is -2.27. The zero-order valence-corrected chi connectivity index (χ0v) is 16.0. The maximum Gasteiger partial charge on any atom is 0.325 e. The van der Waals surface area contributed by atoms with E-state index in [9.17, 15) is 9.59 Å². The number of methoxy groups -OCH3 is 1. The van der Waals surface area contributed by atoms with Crippen LogP contribution in [0.2, 0.25) is 0 Å². The summed E-state index contributed by atoms with van der Waals surface area (Å²) in [6, 6.07) is 7.64. The Morgan fingerprint density at radius 1 is 1.23 bits per heavy atom. The largest absolute Gasteiger partial charge is 0.494 e. The second-order valence-electron chi connectivity index (χ2n) is 5.80. The Kier molecular flexibility index (Phi) is 5.08. The average molecular weight is 372 g/mol. The first-order valence-electron chi connectivity index (χ1n) is 8.26. The van der Waals surface area contributed by atoms with Crippen LogP contribution in [0.15, 0.2) is 29.1 Å². The van der Waals surface area contributed by atoms with Crippen LogP contribution >= 0.6 is 11.3 Å². The fraction of sp³-hybridized carbons (Fsp3) is 0.316. The molecule has 0 atom stereocenters. The van der Waals surface area contributed by atoms with Gasteiger partial charge in [0.05, 0.1) is 19.1 Å². The maximum atomic E-state index is 13.1.